The van der Waals surface area contributed by atoms with Crippen LogP contribution in [0, 0.1) is 5.92 Å². The summed E-state index contributed by atoms with van der Waals surface area (Å²) in [6.07, 6.45) is 0. The molecule has 1 fully saturated rings. The van der Waals surface area contributed by atoms with E-state index in [1.807, 2.05) is 7.05 Å². The van der Waals surface area contributed by atoms with E-state index in [1.54, 1.807) is 6.07 Å². The fraction of sp³-hybridized carbons (Fsp3) is 0.643. The lowest BCUT2D eigenvalue weighted by molar-refractivity contribution is 0.231. The van der Waals surface area contributed by atoms with Crippen molar-refractivity contribution in [1.29, 1.82) is 0 Å². The molecule has 1 aromatic heterocycles. The van der Waals surface area contributed by atoms with Crippen LogP contribution in [-0.4, -0.2) is 49.7 Å². The smallest absolute Gasteiger partial charge is 0.150 e. The molecule has 1 N–H and O–H groups in total. The van der Waals surface area contributed by atoms with Gasteiger partial charge in [0.05, 0.1) is 10.0 Å². The van der Waals surface area contributed by atoms with Crippen molar-refractivity contribution in [2.75, 3.05) is 50.0 Å². The van der Waals surface area contributed by atoms with Gasteiger partial charge in [0.1, 0.15) is 11.6 Å². The number of anilines is 2. The van der Waals surface area contributed by atoms with Crippen LogP contribution in [0.25, 0.3) is 0 Å². The van der Waals surface area contributed by atoms with Crippen molar-refractivity contribution in [3.05, 3.63) is 16.1 Å². The van der Waals surface area contributed by atoms with Gasteiger partial charge in [-0.2, -0.15) is 0 Å². The topological polar surface area (TPSA) is 31.4 Å². The van der Waals surface area contributed by atoms with E-state index in [2.05, 4.69) is 33.9 Å². The lowest BCUT2D eigenvalue weighted by atomic mass is 10.2. The fourth-order valence-electron chi connectivity index (χ4n) is 2.51. The predicted molar refractivity (Wildman–Crippen MR) is 87.3 cm³/mol. The molecule has 112 valence electrons. The number of halogens is 2. The molecule has 0 unspecified atom stereocenters. The summed E-state index contributed by atoms with van der Waals surface area (Å²) in [5.74, 6) is 2.20. The van der Waals surface area contributed by atoms with Gasteiger partial charge in [0, 0.05) is 39.8 Å². The van der Waals surface area contributed by atoms with Crippen molar-refractivity contribution in [1.82, 2.24) is 9.88 Å². The molecule has 2 rings (SSSR count). The van der Waals surface area contributed by atoms with Gasteiger partial charge in [-0.3, -0.25) is 4.90 Å². The Bertz CT molecular complexity index is 457. The largest absolute Gasteiger partial charge is 0.372 e. The van der Waals surface area contributed by atoms with Crippen LogP contribution in [0.2, 0.25) is 10.0 Å². The number of aromatic nitrogens is 1. The van der Waals surface area contributed by atoms with Gasteiger partial charge in [0.2, 0.25) is 0 Å². The summed E-state index contributed by atoms with van der Waals surface area (Å²) in [6, 6.07) is 1.76. The molecule has 1 aromatic rings. The van der Waals surface area contributed by atoms with Gasteiger partial charge < -0.3 is 10.2 Å². The highest BCUT2D eigenvalue weighted by Crippen LogP contribution is 2.31. The van der Waals surface area contributed by atoms with Crippen LogP contribution in [0.5, 0.6) is 0 Å². The van der Waals surface area contributed by atoms with Crippen LogP contribution < -0.4 is 10.2 Å². The normalized spacial score (nSPS) is 16.8. The Morgan fingerprint density at radius 1 is 1.20 bits per heavy atom. The molecule has 0 bridgehead atoms. The first-order valence-electron chi connectivity index (χ1n) is 7.02. The van der Waals surface area contributed by atoms with Gasteiger partial charge in [-0.1, -0.05) is 37.0 Å². The van der Waals surface area contributed by atoms with Crippen LogP contribution >= 0.6 is 23.2 Å². The standard InChI is InChI=1S/C14H22Cl2N4/c1-10(2)9-19-4-6-20(7-5-19)14-12(16)8-11(15)13(17-3)18-14/h8,10H,4-7,9H2,1-3H3,(H,17,18). The number of nitrogens with one attached hydrogen (secondary N) is 1. The summed E-state index contributed by atoms with van der Waals surface area (Å²) in [7, 11) is 1.81. The number of pyridine rings is 1. The van der Waals surface area contributed by atoms with Gasteiger partial charge in [-0.05, 0) is 12.0 Å². The zero-order chi connectivity index (χ0) is 14.7. The Balaban J connectivity index is 2.07. The summed E-state index contributed by atoms with van der Waals surface area (Å²) >= 11 is 12.4. The number of nitrogens with zero attached hydrogens (tertiary/aromatic N) is 3. The molecule has 1 aliphatic rings. The molecule has 2 heterocycles. The predicted octanol–water partition coefficient (Wildman–Crippen LogP) is 3.21. The average Bonchev–Trinajstić information content (AvgIpc) is 2.39. The van der Waals surface area contributed by atoms with E-state index in [0.29, 0.717) is 21.8 Å². The van der Waals surface area contributed by atoms with Gasteiger partial charge in [-0.15, -0.1) is 0 Å². The summed E-state index contributed by atoms with van der Waals surface area (Å²) in [5.41, 5.74) is 0. The zero-order valence-corrected chi connectivity index (χ0v) is 13.8. The molecular weight excluding hydrogens is 295 g/mol. The van der Waals surface area contributed by atoms with Crippen molar-refractivity contribution in [3.63, 3.8) is 0 Å². The van der Waals surface area contributed by atoms with Crippen LogP contribution in [0.15, 0.2) is 6.07 Å². The summed E-state index contributed by atoms with van der Waals surface area (Å²) in [4.78, 5) is 9.25. The Kier molecular flexibility index (Phi) is 5.35. The van der Waals surface area contributed by atoms with E-state index in [9.17, 15) is 0 Å². The lowest BCUT2D eigenvalue weighted by Gasteiger charge is -2.36. The maximum absolute atomic E-state index is 6.28. The van der Waals surface area contributed by atoms with Crippen molar-refractivity contribution in [3.8, 4) is 0 Å². The first kappa shape index (κ1) is 15.7. The SMILES string of the molecule is CNc1nc(N2CCN(CC(C)C)CC2)c(Cl)cc1Cl. The molecule has 0 aliphatic carbocycles. The fourth-order valence-corrected chi connectivity index (χ4v) is 3.09. The third-order valence-electron chi connectivity index (χ3n) is 3.44. The van der Waals surface area contributed by atoms with E-state index in [-0.39, 0.29) is 0 Å². The molecule has 0 amide bonds. The summed E-state index contributed by atoms with van der Waals surface area (Å²) < 4.78 is 0. The first-order chi connectivity index (χ1) is 9.51. The van der Waals surface area contributed by atoms with E-state index < -0.39 is 0 Å². The molecule has 4 nitrogen and oxygen atoms in total. The maximum Gasteiger partial charge on any atom is 0.150 e. The second kappa shape index (κ2) is 6.83. The van der Waals surface area contributed by atoms with Gasteiger partial charge >= 0.3 is 0 Å². The van der Waals surface area contributed by atoms with Crippen molar-refractivity contribution >= 4 is 34.8 Å². The van der Waals surface area contributed by atoms with Crippen LogP contribution in [0.3, 0.4) is 0 Å². The minimum Gasteiger partial charge on any atom is -0.372 e. The van der Waals surface area contributed by atoms with Crippen LogP contribution in [0.1, 0.15) is 13.8 Å². The van der Waals surface area contributed by atoms with Gasteiger partial charge in [0.25, 0.3) is 0 Å². The molecule has 0 atom stereocenters. The molecule has 1 aliphatic heterocycles. The number of hydrogen-bond donors (Lipinski definition) is 1. The highest BCUT2D eigenvalue weighted by atomic mass is 35.5. The molecule has 20 heavy (non-hydrogen) atoms. The molecule has 0 saturated carbocycles. The molecule has 0 spiro atoms. The molecule has 0 aromatic carbocycles. The minimum atomic E-state index is 0.555. The van der Waals surface area contributed by atoms with Crippen molar-refractivity contribution in [2.45, 2.75) is 13.8 Å². The number of rotatable bonds is 4. The van der Waals surface area contributed by atoms with E-state index in [4.69, 9.17) is 23.2 Å². The molecular formula is C14H22Cl2N4. The van der Waals surface area contributed by atoms with Crippen molar-refractivity contribution in [2.24, 2.45) is 5.92 Å². The average molecular weight is 317 g/mol. The monoisotopic (exact) mass is 316 g/mol. The molecule has 0 radical (unpaired) electrons. The first-order valence-corrected chi connectivity index (χ1v) is 7.78. The van der Waals surface area contributed by atoms with Gasteiger partial charge in [-0.25, -0.2) is 4.98 Å². The van der Waals surface area contributed by atoms with E-state index in [0.717, 1.165) is 38.5 Å². The third kappa shape index (κ3) is 3.68. The summed E-state index contributed by atoms with van der Waals surface area (Å²) in [6.45, 7) is 9.65. The second-order valence-corrected chi connectivity index (χ2v) is 6.37. The highest BCUT2D eigenvalue weighted by Gasteiger charge is 2.21. The number of piperazine rings is 1. The minimum absolute atomic E-state index is 0.555. The Morgan fingerprint density at radius 3 is 2.40 bits per heavy atom. The molecule has 1 saturated heterocycles. The second-order valence-electron chi connectivity index (χ2n) is 5.56. The zero-order valence-electron chi connectivity index (χ0n) is 12.3. The Morgan fingerprint density at radius 2 is 1.85 bits per heavy atom. The number of hydrogen-bond acceptors (Lipinski definition) is 4. The highest BCUT2D eigenvalue weighted by molar-refractivity contribution is 6.37. The summed E-state index contributed by atoms with van der Waals surface area (Å²) in [5, 5.41) is 4.17. The maximum atomic E-state index is 6.28. The van der Waals surface area contributed by atoms with E-state index in [1.165, 1.54) is 0 Å². The van der Waals surface area contributed by atoms with Crippen molar-refractivity contribution < 1.29 is 0 Å². The van der Waals surface area contributed by atoms with Crippen LogP contribution in [-0.2, 0) is 0 Å². The van der Waals surface area contributed by atoms with Crippen LogP contribution in [0.4, 0.5) is 11.6 Å². The third-order valence-corrected chi connectivity index (χ3v) is 4.01. The Labute approximate surface area is 131 Å². The quantitative estimate of drug-likeness (QED) is 0.924. The van der Waals surface area contributed by atoms with E-state index >= 15 is 0 Å². The lowest BCUT2D eigenvalue weighted by Crippen LogP contribution is -2.47. The Hall–Kier alpha value is -0.710. The van der Waals surface area contributed by atoms with Gasteiger partial charge in [0.15, 0.2) is 0 Å². The molecule has 6 heteroatoms.